The maximum absolute atomic E-state index is 11.8. The van der Waals surface area contributed by atoms with Crippen LogP contribution >= 0.6 is 11.6 Å². The van der Waals surface area contributed by atoms with Crippen LogP contribution in [0.5, 0.6) is 0 Å². The van der Waals surface area contributed by atoms with Gasteiger partial charge in [0.2, 0.25) is 0 Å². The van der Waals surface area contributed by atoms with E-state index in [1.54, 1.807) is 7.11 Å². The highest BCUT2D eigenvalue weighted by atomic mass is 35.5. The van der Waals surface area contributed by atoms with Gasteiger partial charge in [0.05, 0.1) is 18.8 Å². The molecule has 1 aromatic heterocycles. The number of amides is 1. The van der Waals surface area contributed by atoms with Crippen LogP contribution in [-0.4, -0.2) is 38.4 Å². The molecular weight excluding hydrogens is 246 g/mol. The van der Waals surface area contributed by atoms with Crippen molar-refractivity contribution in [1.29, 1.82) is 0 Å². The smallest absolute Gasteiger partial charge is 0.287 e. The van der Waals surface area contributed by atoms with Crippen molar-refractivity contribution in [2.24, 2.45) is 0 Å². The summed E-state index contributed by atoms with van der Waals surface area (Å²) in [7, 11) is 1.62. The van der Waals surface area contributed by atoms with Gasteiger partial charge in [-0.3, -0.25) is 4.79 Å². The van der Waals surface area contributed by atoms with E-state index in [-0.39, 0.29) is 29.0 Å². The van der Waals surface area contributed by atoms with Crippen molar-refractivity contribution in [3.63, 3.8) is 0 Å². The average Bonchev–Trinajstić information content (AvgIpc) is 2.77. The third-order valence-corrected chi connectivity index (χ3v) is 2.91. The van der Waals surface area contributed by atoms with Gasteiger partial charge < -0.3 is 19.2 Å². The number of halogens is 1. The molecule has 1 saturated heterocycles. The standard InChI is InChI=1S/C11H14ClNO4/c1-15-8-4-5-16-6-7(8)13-11(14)9-2-3-10(12)17-9/h2-3,7-8H,4-6H2,1H3,(H,13,14)/t7-,8-/m1/s1. The molecule has 0 spiro atoms. The second-order valence-electron chi connectivity index (χ2n) is 3.82. The Morgan fingerprint density at radius 2 is 2.41 bits per heavy atom. The van der Waals surface area contributed by atoms with E-state index < -0.39 is 0 Å². The summed E-state index contributed by atoms with van der Waals surface area (Å²) in [6, 6.07) is 2.90. The summed E-state index contributed by atoms with van der Waals surface area (Å²) in [6.07, 6.45) is 0.735. The number of furan rings is 1. The average molecular weight is 260 g/mol. The van der Waals surface area contributed by atoms with Crippen LogP contribution in [0.4, 0.5) is 0 Å². The topological polar surface area (TPSA) is 60.7 Å². The molecule has 0 saturated carbocycles. The first kappa shape index (κ1) is 12.4. The second-order valence-corrected chi connectivity index (χ2v) is 4.19. The maximum atomic E-state index is 11.8. The number of methoxy groups -OCH3 is 1. The quantitative estimate of drug-likeness (QED) is 0.893. The van der Waals surface area contributed by atoms with Gasteiger partial charge in [-0.2, -0.15) is 0 Å². The second kappa shape index (κ2) is 5.53. The van der Waals surface area contributed by atoms with E-state index in [0.29, 0.717) is 13.2 Å². The normalized spacial score (nSPS) is 24.6. The molecule has 1 fully saturated rings. The van der Waals surface area contributed by atoms with Crippen molar-refractivity contribution < 1.29 is 18.7 Å². The van der Waals surface area contributed by atoms with Gasteiger partial charge in [-0.05, 0) is 30.2 Å². The van der Waals surface area contributed by atoms with Crippen molar-refractivity contribution in [2.45, 2.75) is 18.6 Å². The van der Waals surface area contributed by atoms with E-state index in [2.05, 4.69) is 5.32 Å². The maximum Gasteiger partial charge on any atom is 0.287 e. The minimum atomic E-state index is -0.311. The zero-order valence-corrected chi connectivity index (χ0v) is 10.2. The lowest BCUT2D eigenvalue weighted by Crippen LogP contribution is -2.50. The zero-order valence-electron chi connectivity index (χ0n) is 9.44. The van der Waals surface area contributed by atoms with Crippen LogP contribution in [-0.2, 0) is 9.47 Å². The van der Waals surface area contributed by atoms with Gasteiger partial charge in [0.25, 0.3) is 5.91 Å². The van der Waals surface area contributed by atoms with Crippen molar-refractivity contribution in [3.05, 3.63) is 23.1 Å². The summed E-state index contributed by atoms with van der Waals surface area (Å²) in [5, 5.41) is 3.00. The van der Waals surface area contributed by atoms with E-state index in [4.69, 9.17) is 25.5 Å². The summed E-state index contributed by atoms with van der Waals surface area (Å²) in [4.78, 5) is 11.8. The first-order valence-corrected chi connectivity index (χ1v) is 5.75. The highest BCUT2D eigenvalue weighted by molar-refractivity contribution is 6.29. The fourth-order valence-electron chi connectivity index (χ4n) is 1.81. The molecule has 6 heteroatoms. The van der Waals surface area contributed by atoms with Gasteiger partial charge in [-0.25, -0.2) is 0 Å². The number of rotatable bonds is 3. The van der Waals surface area contributed by atoms with E-state index in [1.807, 2.05) is 0 Å². The zero-order chi connectivity index (χ0) is 12.3. The minimum Gasteiger partial charge on any atom is -0.440 e. The first-order chi connectivity index (χ1) is 8.20. The minimum absolute atomic E-state index is 0.0295. The van der Waals surface area contributed by atoms with Crippen molar-refractivity contribution in [3.8, 4) is 0 Å². The Balaban J connectivity index is 1.97. The molecule has 0 unspecified atom stereocenters. The molecule has 0 bridgehead atoms. The summed E-state index contributed by atoms with van der Waals surface area (Å²) >= 11 is 5.61. The van der Waals surface area contributed by atoms with Crippen LogP contribution < -0.4 is 5.32 Å². The Hall–Kier alpha value is -1.04. The molecule has 17 heavy (non-hydrogen) atoms. The Morgan fingerprint density at radius 3 is 3.06 bits per heavy atom. The number of hydrogen-bond acceptors (Lipinski definition) is 4. The number of carbonyl (C=O) groups is 1. The molecule has 1 aliphatic rings. The fourth-order valence-corrected chi connectivity index (χ4v) is 1.96. The SMILES string of the molecule is CO[C@@H]1CCOC[C@H]1NC(=O)c1ccc(Cl)o1. The fraction of sp³-hybridized carbons (Fsp3) is 0.545. The lowest BCUT2D eigenvalue weighted by molar-refractivity contribution is -0.0351. The lowest BCUT2D eigenvalue weighted by atomic mass is 10.1. The van der Waals surface area contributed by atoms with Crippen LogP contribution in [0.15, 0.2) is 16.5 Å². The van der Waals surface area contributed by atoms with Gasteiger partial charge >= 0.3 is 0 Å². The van der Waals surface area contributed by atoms with Crippen LogP contribution in [0.1, 0.15) is 17.0 Å². The van der Waals surface area contributed by atoms with Crippen LogP contribution in [0, 0.1) is 0 Å². The number of ether oxygens (including phenoxy) is 2. The van der Waals surface area contributed by atoms with Crippen LogP contribution in [0.25, 0.3) is 0 Å². The molecule has 1 N–H and O–H groups in total. The molecule has 0 aliphatic carbocycles. The first-order valence-electron chi connectivity index (χ1n) is 5.37. The monoisotopic (exact) mass is 259 g/mol. The molecule has 1 aromatic rings. The molecular formula is C11H14ClNO4. The molecule has 1 amide bonds. The van der Waals surface area contributed by atoms with E-state index in [1.165, 1.54) is 12.1 Å². The Morgan fingerprint density at radius 1 is 1.59 bits per heavy atom. The summed E-state index contributed by atoms with van der Waals surface area (Å²) in [6.45, 7) is 1.09. The summed E-state index contributed by atoms with van der Waals surface area (Å²) in [5.41, 5.74) is 0. The molecule has 2 heterocycles. The molecule has 2 atom stereocenters. The van der Waals surface area contributed by atoms with Crippen LogP contribution in [0.3, 0.4) is 0 Å². The lowest BCUT2D eigenvalue weighted by Gasteiger charge is -2.30. The molecule has 0 aromatic carbocycles. The number of carbonyl (C=O) groups excluding carboxylic acids is 1. The highest BCUT2D eigenvalue weighted by Crippen LogP contribution is 2.15. The molecule has 94 valence electrons. The predicted octanol–water partition coefficient (Wildman–Crippen LogP) is 1.47. The van der Waals surface area contributed by atoms with Gasteiger partial charge in [0.15, 0.2) is 11.0 Å². The summed E-state index contributed by atoms with van der Waals surface area (Å²) in [5.74, 6) is -0.120. The van der Waals surface area contributed by atoms with Crippen molar-refractivity contribution >= 4 is 17.5 Å². The Labute approximate surface area is 104 Å². The molecule has 0 radical (unpaired) electrons. The van der Waals surface area contributed by atoms with Crippen LogP contribution in [0.2, 0.25) is 5.22 Å². The van der Waals surface area contributed by atoms with E-state index in [9.17, 15) is 4.79 Å². The molecule has 1 aliphatic heterocycles. The van der Waals surface area contributed by atoms with Gasteiger partial charge in [0, 0.05) is 13.7 Å². The largest absolute Gasteiger partial charge is 0.440 e. The predicted molar refractivity (Wildman–Crippen MR) is 61.2 cm³/mol. The van der Waals surface area contributed by atoms with Gasteiger partial charge in [0.1, 0.15) is 0 Å². The van der Waals surface area contributed by atoms with Gasteiger partial charge in [-0.15, -0.1) is 0 Å². The molecule has 5 nitrogen and oxygen atoms in total. The number of hydrogen-bond donors (Lipinski definition) is 1. The third-order valence-electron chi connectivity index (χ3n) is 2.71. The molecule has 2 rings (SSSR count). The van der Waals surface area contributed by atoms with Gasteiger partial charge in [-0.1, -0.05) is 0 Å². The Kier molecular flexibility index (Phi) is 4.04. The third kappa shape index (κ3) is 3.00. The Bertz CT molecular complexity index is 393. The van der Waals surface area contributed by atoms with Crippen molar-refractivity contribution in [1.82, 2.24) is 5.32 Å². The number of nitrogens with one attached hydrogen (secondary N) is 1. The van der Waals surface area contributed by atoms with E-state index >= 15 is 0 Å². The van der Waals surface area contributed by atoms with Crippen molar-refractivity contribution in [2.75, 3.05) is 20.3 Å². The summed E-state index contributed by atoms with van der Waals surface area (Å²) < 4.78 is 15.6. The van der Waals surface area contributed by atoms with E-state index in [0.717, 1.165) is 6.42 Å². The highest BCUT2D eigenvalue weighted by Gasteiger charge is 2.28.